The van der Waals surface area contributed by atoms with E-state index in [2.05, 4.69) is 0 Å². The minimum absolute atomic E-state index is 0.127. The van der Waals surface area contributed by atoms with E-state index in [0.717, 1.165) is 16.9 Å². The zero-order valence-electron chi connectivity index (χ0n) is 11.5. The van der Waals surface area contributed by atoms with Crippen molar-refractivity contribution in [2.75, 3.05) is 7.11 Å². The molecule has 1 nitrogen and oxygen atoms in total. The molecule has 0 amide bonds. The molecule has 106 valence electrons. The zero-order valence-corrected chi connectivity index (χ0v) is 12.3. The topological polar surface area (TPSA) is 9.23 Å². The van der Waals surface area contributed by atoms with Gasteiger partial charge in [-0.05, 0) is 42.7 Å². The SMILES string of the molecule is COc1c(C)cc(C(Cl)c2c(F)cccc2F)cc1C. The third kappa shape index (κ3) is 2.63. The van der Waals surface area contributed by atoms with Gasteiger partial charge in [-0.25, -0.2) is 8.78 Å². The predicted octanol–water partition coefficient (Wildman–Crippen LogP) is 4.92. The van der Waals surface area contributed by atoms with Gasteiger partial charge in [0.15, 0.2) is 0 Å². The normalized spacial score (nSPS) is 12.3. The summed E-state index contributed by atoms with van der Waals surface area (Å²) in [4.78, 5) is 0. The lowest BCUT2D eigenvalue weighted by atomic mass is 9.98. The molecule has 0 radical (unpaired) electrons. The van der Waals surface area contributed by atoms with Gasteiger partial charge in [0.05, 0.1) is 12.5 Å². The summed E-state index contributed by atoms with van der Waals surface area (Å²) in [5, 5.41) is -0.875. The molecule has 0 saturated heterocycles. The van der Waals surface area contributed by atoms with Crippen molar-refractivity contribution in [3.05, 3.63) is 64.2 Å². The molecule has 0 bridgehead atoms. The highest BCUT2D eigenvalue weighted by molar-refractivity contribution is 6.22. The number of methoxy groups -OCH3 is 1. The van der Waals surface area contributed by atoms with Gasteiger partial charge in [0.2, 0.25) is 0 Å². The van der Waals surface area contributed by atoms with Gasteiger partial charge in [-0.15, -0.1) is 11.6 Å². The average molecular weight is 297 g/mol. The van der Waals surface area contributed by atoms with Gasteiger partial charge in [0, 0.05) is 5.56 Å². The minimum Gasteiger partial charge on any atom is -0.496 e. The van der Waals surface area contributed by atoms with Gasteiger partial charge >= 0.3 is 0 Å². The Morgan fingerprint density at radius 2 is 1.55 bits per heavy atom. The first-order valence-corrected chi connectivity index (χ1v) is 6.62. The highest BCUT2D eigenvalue weighted by Gasteiger charge is 2.21. The maximum atomic E-state index is 13.8. The van der Waals surface area contributed by atoms with Crippen LogP contribution in [0.3, 0.4) is 0 Å². The van der Waals surface area contributed by atoms with Crippen LogP contribution in [0.2, 0.25) is 0 Å². The van der Waals surface area contributed by atoms with Crippen molar-refractivity contribution in [1.29, 1.82) is 0 Å². The molecule has 0 fully saturated rings. The largest absolute Gasteiger partial charge is 0.496 e. The van der Waals surface area contributed by atoms with Crippen LogP contribution < -0.4 is 4.74 Å². The monoisotopic (exact) mass is 296 g/mol. The van der Waals surface area contributed by atoms with Crippen molar-refractivity contribution in [2.45, 2.75) is 19.2 Å². The van der Waals surface area contributed by atoms with Crippen molar-refractivity contribution in [2.24, 2.45) is 0 Å². The first-order valence-electron chi connectivity index (χ1n) is 6.18. The molecular weight excluding hydrogens is 282 g/mol. The number of alkyl halides is 1. The number of halogens is 3. The van der Waals surface area contributed by atoms with Crippen molar-refractivity contribution in [3.63, 3.8) is 0 Å². The van der Waals surface area contributed by atoms with E-state index in [0.29, 0.717) is 5.56 Å². The summed E-state index contributed by atoms with van der Waals surface area (Å²) in [6.07, 6.45) is 0. The molecule has 2 rings (SSSR count). The molecule has 20 heavy (non-hydrogen) atoms. The Labute approximate surface area is 122 Å². The number of benzene rings is 2. The van der Waals surface area contributed by atoms with Gasteiger partial charge in [-0.3, -0.25) is 0 Å². The van der Waals surface area contributed by atoms with Gasteiger partial charge in [-0.2, -0.15) is 0 Å². The van der Waals surface area contributed by atoms with Crippen LogP contribution in [0.5, 0.6) is 5.75 Å². The van der Waals surface area contributed by atoms with Crippen LogP contribution in [0.15, 0.2) is 30.3 Å². The van der Waals surface area contributed by atoms with Crippen LogP contribution >= 0.6 is 11.6 Å². The molecule has 2 aromatic rings. The van der Waals surface area contributed by atoms with Crippen LogP contribution in [0.4, 0.5) is 8.78 Å². The Hall–Kier alpha value is -1.61. The second kappa shape index (κ2) is 5.80. The number of ether oxygens (including phenoxy) is 1. The molecule has 0 saturated carbocycles. The molecule has 0 aliphatic heterocycles. The molecule has 0 N–H and O–H groups in total. The van der Waals surface area contributed by atoms with Crippen molar-refractivity contribution in [3.8, 4) is 5.75 Å². The molecular formula is C16H15ClF2O. The number of hydrogen-bond donors (Lipinski definition) is 0. The minimum atomic E-state index is -0.875. The molecule has 0 aliphatic rings. The second-order valence-corrected chi connectivity index (χ2v) is 5.12. The highest BCUT2D eigenvalue weighted by Crippen LogP contribution is 2.36. The summed E-state index contributed by atoms with van der Waals surface area (Å²) >= 11 is 6.26. The van der Waals surface area contributed by atoms with E-state index in [1.165, 1.54) is 18.2 Å². The lowest BCUT2D eigenvalue weighted by Gasteiger charge is -2.16. The van der Waals surface area contributed by atoms with E-state index in [1.54, 1.807) is 19.2 Å². The summed E-state index contributed by atoms with van der Waals surface area (Å²) in [5.74, 6) is -0.529. The summed E-state index contributed by atoms with van der Waals surface area (Å²) in [6, 6.07) is 7.31. The van der Waals surface area contributed by atoms with E-state index in [-0.39, 0.29) is 5.56 Å². The third-order valence-corrected chi connectivity index (χ3v) is 3.70. The van der Waals surface area contributed by atoms with E-state index in [4.69, 9.17) is 16.3 Å². The highest BCUT2D eigenvalue weighted by atomic mass is 35.5. The number of rotatable bonds is 3. The van der Waals surface area contributed by atoms with E-state index >= 15 is 0 Å². The van der Waals surface area contributed by atoms with E-state index in [9.17, 15) is 8.78 Å². The van der Waals surface area contributed by atoms with Crippen LogP contribution in [0.1, 0.15) is 27.6 Å². The molecule has 0 aromatic heterocycles. The van der Waals surface area contributed by atoms with Crippen molar-refractivity contribution >= 4 is 11.6 Å². The van der Waals surface area contributed by atoms with Crippen LogP contribution in [-0.2, 0) is 0 Å². The standard InChI is InChI=1S/C16H15ClF2O/c1-9-7-11(8-10(2)16(9)20-3)15(17)14-12(18)5-4-6-13(14)19/h4-8,15H,1-3H3. The van der Waals surface area contributed by atoms with Gasteiger partial charge < -0.3 is 4.74 Å². The average Bonchev–Trinajstić information content (AvgIpc) is 2.37. The predicted molar refractivity (Wildman–Crippen MR) is 76.5 cm³/mol. The molecule has 4 heteroatoms. The van der Waals surface area contributed by atoms with Gasteiger partial charge in [-0.1, -0.05) is 18.2 Å². The van der Waals surface area contributed by atoms with E-state index in [1.807, 2.05) is 13.8 Å². The Morgan fingerprint density at radius 1 is 1.05 bits per heavy atom. The molecule has 1 atom stereocenters. The first kappa shape index (κ1) is 14.8. The van der Waals surface area contributed by atoms with Crippen LogP contribution in [0, 0.1) is 25.5 Å². The molecule has 1 unspecified atom stereocenters. The quantitative estimate of drug-likeness (QED) is 0.731. The summed E-state index contributed by atoms with van der Waals surface area (Å²) in [6.45, 7) is 3.74. The summed E-state index contributed by atoms with van der Waals surface area (Å²) < 4.78 is 32.8. The third-order valence-electron chi connectivity index (χ3n) is 3.23. The van der Waals surface area contributed by atoms with Crippen LogP contribution in [-0.4, -0.2) is 7.11 Å². The van der Waals surface area contributed by atoms with Gasteiger partial charge in [0.1, 0.15) is 17.4 Å². The lowest BCUT2D eigenvalue weighted by molar-refractivity contribution is 0.408. The molecule has 0 aliphatic carbocycles. The fourth-order valence-corrected chi connectivity index (χ4v) is 2.71. The Balaban J connectivity index is 2.52. The number of aryl methyl sites for hydroxylation is 2. The summed E-state index contributed by atoms with van der Waals surface area (Å²) in [5.41, 5.74) is 2.28. The smallest absolute Gasteiger partial charge is 0.131 e. The Kier molecular flexibility index (Phi) is 4.29. The zero-order chi connectivity index (χ0) is 14.9. The molecule has 0 spiro atoms. The van der Waals surface area contributed by atoms with Gasteiger partial charge in [0.25, 0.3) is 0 Å². The van der Waals surface area contributed by atoms with E-state index < -0.39 is 17.0 Å². The first-order chi connectivity index (χ1) is 9.45. The molecule has 0 heterocycles. The van der Waals surface area contributed by atoms with Crippen molar-refractivity contribution < 1.29 is 13.5 Å². The maximum absolute atomic E-state index is 13.8. The Bertz CT molecular complexity index is 597. The van der Waals surface area contributed by atoms with Crippen LogP contribution in [0.25, 0.3) is 0 Å². The lowest BCUT2D eigenvalue weighted by Crippen LogP contribution is -2.02. The maximum Gasteiger partial charge on any atom is 0.131 e. The Morgan fingerprint density at radius 3 is 2.00 bits per heavy atom. The fourth-order valence-electron chi connectivity index (χ4n) is 2.37. The summed E-state index contributed by atoms with van der Waals surface area (Å²) in [7, 11) is 1.59. The second-order valence-electron chi connectivity index (χ2n) is 4.69. The van der Waals surface area contributed by atoms with Crippen molar-refractivity contribution in [1.82, 2.24) is 0 Å². The number of hydrogen-bond acceptors (Lipinski definition) is 1. The fraction of sp³-hybridized carbons (Fsp3) is 0.250. The molecule has 2 aromatic carbocycles.